The first kappa shape index (κ1) is 21.1. The van der Waals surface area contributed by atoms with Crippen LogP contribution in [0, 0.1) is 17.3 Å². The van der Waals surface area contributed by atoms with Crippen LogP contribution in [0.3, 0.4) is 0 Å². The normalized spacial score (nSPS) is 53.4. The van der Waals surface area contributed by atoms with E-state index in [0.717, 1.165) is 0 Å². The van der Waals surface area contributed by atoms with Crippen LogP contribution in [0.15, 0.2) is 11.3 Å². The van der Waals surface area contributed by atoms with Gasteiger partial charge in [-0.2, -0.15) is 0 Å². The first-order valence-electron chi connectivity index (χ1n) is 10.4. The first-order valence-corrected chi connectivity index (χ1v) is 10.4. The molecule has 9 atom stereocenters. The highest BCUT2D eigenvalue weighted by molar-refractivity contribution is 5.93. The van der Waals surface area contributed by atoms with E-state index in [0.29, 0.717) is 0 Å². The third-order valence-electron chi connectivity index (χ3n) is 8.64. The molecule has 5 rings (SSSR count). The third-order valence-corrected chi connectivity index (χ3v) is 8.64. The number of epoxide rings is 1. The zero-order chi connectivity index (χ0) is 22.7. The van der Waals surface area contributed by atoms with Gasteiger partial charge in [-0.3, -0.25) is 4.79 Å². The fourth-order valence-electron chi connectivity index (χ4n) is 7.01. The summed E-state index contributed by atoms with van der Waals surface area (Å²) in [6.07, 6.45) is -3.63. The van der Waals surface area contributed by atoms with Gasteiger partial charge in [0.25, 0.3) is 0 Å². The van der Waals surface area contributed by atoms with Crippen LogP contribution in [-0.2, 0) is 33.3 Å². The minimum Gasteiger partial charge on any atom is -0.498 e. The molecule has 2 saturated carbocycles. The summed E-state index contributed by atoms with van der Waals surface area (Å²) in [4.78, 5) is 25.9. The lowest BCUT2D eigenvalue weighted by Gasteiger charge is -2.60. The van der Waals surface area contributed by atoms with E-state index in [1.807, 2.05) is 0 Å². The van der Waals surface area contributed by atoms with Crippen molar-refractivity contribution < 1.29 is 48.6 Å². The Kier molecular flexibility index (Phi) is 4.08. The molecule has 0 radical (unpaired) electrons. The number of hydrogen-bond acceptors (Lipinski definition) is 10. The Hall–Kier alpha value is -1.72. The maximum absolute atomic E-state index is 13.0. The largest absolute Gasteiger partial charge is 0.498 e. The summed E-state index contributed by atoms with van der Waals surface area (Å²) in [5.74, 6) is -3.09. The van der Waals surface area contributed by atoms with Crippen LogP contribution in [0.2, 0.25) is 0 Å². The van der Waals surface area contributed by atoms with E-state index in [1.165, 1.54) is 14.2 Å². The summed E-state index contributed by atoms with van der Waals surface area (Å²) in [6.45, 7) is 4.69. The maximum atomic E-state index is 13.0. The summed E-state index contributed by atoms with van der Waals surface area (Å²) in [7, 11) is 2.75. The number of aliphatic hydroxyl groups excluding tert-OH is 1. The van der Waals surface area contributed by atoms with E-state index in [2.05, 4.69) is 0 Å². The van der Waals surface area contributed by atoms with Gasteiger partial charge in [0.05, 0.1) is 18.1 Å². The van der Waals surface area contributed by atoms with Crippen LogP contribution in [0.1, 0.15) is 27.2 Å². The molecule has 5 aliphatic rings. The monoisotopic (exact) mass is 440 g/mol. The minimum atomic E-state index is -1.91. The van der Waals surface area contributed by atoms with Crippen LogP contribution in [0.5, 0.6) is 0 Å². The highest BCUT2D eigenvalue weighted by atomic mass is 16.7. The van der Waals surface area contributed by atoms with Crippen molar-refractivity contribution in [3.63, 3.8) is 0 Å². The lowest BCUT2D eigenvalue weighted by Crippen LogP contribution is -2.78. The fourth-order valence-corrected chi connectivity index (χ4v) is 7.01. The van der Waals surface area contributed by atoms with Crippen molar-refractivity contribution in [2.45, 2.75) is 68.4 Å². The molecule has 0 aromatic heterocycles. The second-order valence-corrected chi connectivity index (χ2v) is 9.71. The average Bonchev–Trinajstić information content (AvgIpc) is 3.37. The van der Waals surface area contributed by atoms with Gasteiger partial charge >= 0.3 is 11.9 Å². The lowest BCUT2D eigenvalue weighted by molar-refractivity contribution is -0.313. The van der Waals surface area contributed by atoms with E-state index in [-0.39, 0.29) is 17.8 Å². The van der Waals surface area contributed by atoms with E-state index in [1.54, 1.807) is 20.8 Å². The van der Waals surface area contributed by atoms with Crippen LogP contribution >= 0.6 is 0 Å². The average molecular weight is 440 g/mol. The quantitative estimate of drug-likeness (QED) is 0.216. The topological polar surface area (TPSA) is 144 Å². The number of methoxy groups -OCH3 is 2. The van der Waals surface area contributed by atoms with E-state index >= 15 is 0 Å². The van der Waals surface area contributed by atoms with Gasteiger partial charge in [0.15, 0.2) is 11.7 Å². The first-order chi connectivity index (χ1) is 14.5. The number of esters is 2. The van der Waals surface area contributed by atoms with Crippen molar-refractivity contribution in [1.29, 1.82) is 0 Å². The summed E-state index contributed by atoms with van der Waals surface area (Å²) in [5, 5.41) is 33.5. The fraction of sp³-hybridized carbons (Fsp3) is 0.810. The predicted molar refractivity (Wildman–Crippen MR) is 100 cm³/mol. The molecule has 10 heteroatoms. The number of carbonyl (C=O) groups excluding carboxylic acids is 2. The van der Waals surface area contributed by atoms with Crippen molar-refractivity contribution in [3.8, 4) is 0 Å². The van der Waals surface area contributed by atoms with Crippen molar-refractivity contribution >= 4 is 11.9 Å². The van der Waals surface area contributed by atoms with Crippen LogP contribution in [0.25, 0.3) is 0 Å². The molecule has 2 aliphatic carbocycles. The van der Waals surface area contributed by atoms with Gasteiger partial charge in [-0.15, -0.1) is 0 Å². The zero-order valence-corrected chi connectivity index (χ0v) is 18.1. The molecule has 2 bridgehead atoms. The molecule has 0 unspecified atom stereocenters. The van der Waals surface area contributed by atoms with E-state index < -0.39 is 77.0 Å². The molecule has 3 N–H and O–H groups in total. The summed E-state index contributed by atoms with van der Waals surface area (Å²) in [6, 6.07) is 0. The number of rotatable bonds is 4. The molecule has 1 spiro atoms. The highest BCUT2D eigenvalue weighted by Crippen LogP contribution is 2.76. The Morgan fingerprint density at radius 2 is 1.87 bits per heavy atom. The molecule has 10 nitrogen and oxygen atoms in total. The molecular weight excluding hydrogens is 412 g/mol. The van der Waals surface area contributed by atoms with E-state index in [9.17, 15) is 24.9 Å². The zero-order valence-electron chi connectivity index (χ0n) is 18.1. The van der Waals surface area contributed by atoms with Crippen LogP contribution in [-0.4, -0.2) is 89.3 Å². The minimum absolute atomic E-state index is 0.0108. The van der Waals surface area contributed by atoms with Crippen LogP contribution in [0.4, 0.5) is 0 Å². The molecular formula is C21H28O10. The number of ether oxygens (including phenoxy) is 5. The summed E-state index contributed by atoms with van der Waals surface area (Å²) >= 11 is 0. The van der Waals surface area contributed by atoms with Crippen molar-refractivity contribution in [2.75, 3.05) is 20.8 Å². The lowest BCUT2D eigenvalue weighted by atomic mass is 9.48. The van der Waals surface area contributed by atoms with E-state index in [4.69, 9.17) is 23.7 Å². The second kappa shape index (κ2) is 5.99. The molecule has 5 fully saturated rings. The van der Waals surface area contributed by atoms with Crippen molar-refractivity contribution in [3.05, 3.63) is 11.3 Å². The molecule has 3 aliphatic heterocycles. The van der Waals surface area contributed by atoms with Gasteiger partial charge in [-0.25, -0.2) is 4.79 Å². The Bertz CT molecular complexity index is 893. The number of carbonyl (C=O) groups is 2. The Labute approximate surface area is 179 Å². The molecule has 0 aromatic carbocycles. The number of hydrogen-bond donors (Lipinski definition) is 3. The van der Waals surface area contributed by atoms with Gasteiger partial charge in [0.1, 0.15) is 47.8 Å². The SMILES string of the molecule is CO/C(CO)=C1\C[C@@]2(OC1=O)[C@@H]1O[C@@H]1[C@@]1(O)[C@@H]3C(=O)O[C@H]([C@@H](OC)[C@]12C)[C@@]3(O)C(C)C. The predicted octanol–water partition coefficient (Wildman–Crippen LogP) is -0.959. The number of aliphatic hydroxyl groups is 3. The second-order valence-electron chi connectivity index (χ2n) is 9.71. The van der Waals surface area contributed by atoms with Gasteiger partial charge in [-0.1, -0.05) is 20.8 Å². The molecule has 3 heterocycles. The summed E-state index contributed by atoms with van der Waals surface area (Å²) in [5.41, 5.74) is -6.21. The molecule has 3 saturated heterocycles. The Balaban J connectivity index is 1.73. The molecule has 31 heavy (non-hydrogen) atoms. The van der Waals surface area contributed by atoms with Crippen molar-refractivity contribution in [2.24, 2.45) is 17.3 Å². The third kappa shape index (κ3) is 1.94. The van der Waals surface area contributed by atoms with Gasteiger partial charge < -0.3 is 39.0 Å². The van der Waals surface area contributed by atoms with Gasteiger partial charge in [-0.05, 0) is 5.92 Å². The molecule has 0 aromatic rings. The number of fused-ring (bicyclic) bond motifs is 8. The molecule has 0 amide bonds. The highest BCUT2D eigenvalue weighted by Gasteiger charge is 2.95. The van der Waals surface area contributed by atoms with Gasteiger partial charge in [0, 0.05) is 13.5 Å². The van der Waals surface area contributed by atoms with Crippen LogP contribution < -0.4 is 0 Å². The summed E-state index contributed by atoms with van der Waals surface area (Å²) < 4.78 is 28.3. The van der Waals surface area contributed by atoms with Gasteiger partial charge in [0.2, 0.25) is 0 Å². The van der Waals surface area contributed by atoms with Crippen molar-refractivity contribution in [1.82, 2.24) is 0 Å². The smallest absolute Gasteiger partial charge is 0.338 e. The Morgan fingerprint density at radius 3 is 2.42 bits per heavy atom. The maximum Gasteiger partial charge on any atom is 0.338 e. The Morgan fingerprint density at radius 1 is 1.19 bits per heavy atom. The molecule has 172 valence electrons. The standard InChI is InChI=1S/C21H28O10/c1-8(2)20(25)11-17(24)30-14(20)12(28-5)18(3)19(13-15(29-13)21(11,18)26)6-9(16(23)31-19)10(7-22)27-4/h8,11-15,22,25-26H,6-7H2,1-5H3/b10-9+/t11-,12-,13-,14-,15+,18+,19-,20-,21+/m1/s1.